The Labute approximate surface area is 85.9 Å². The first-order valence-electron chi connectivity index (χ1n) is 3.93. The fourth-order valence-corrected chi connectivity index (χ4v) is 1.38. The lowest BCUT2D eigenvalue weighted by atomic mass is 10.4. The standard InChI is InChI=1S/C7H10N2O5S/c8-15(12,13)7-2-1-5(14-7)3-9-4-6(10)11/h1-2,9H,3-4H2,(H,10,11)(H2,8,12,13). The van der Waals surface area contributed by atoms with Gasteiger partial charge in [-0.1, -0.05) is 0 Å². The van der Waals surface area contributed by atoms with Crippen molar-refractivity contribution < 1.29 is 22.7 Å². The molecule has 1 aromatic rings. The first kappa shape index (κ1) is 11.7. The highest BCUT2D eigenvalue weighted by Crippen LogP contribution is 2.11. The Morgan fingerprint density at radius 3 is 2.67 bits per heavy atom. The highest BCUT2D eigenvalue weighted by molar-refractivity contribution is 7.89. The zero-order valence-electron chi connectivity index (χ0n) is 7.63. The molecular formula is C7H10N2O5S. The van der Waals surface area contributed by atoms with Gasteiger partial charge in [0.05, 0.1) is 13.1 Å². The maximum atomic E-state index is 10.8. The molecule has 0 amide bonds. The van der Waals surface area contributed by atoms with Crippen LogP contribution in [0.15, 0.2) is 21.6 Å². The van der Waals surface area contributed by atoms with Gasteiger partial charge in [0.25, 0.3) is 10.0 Å². The Kier molecular flexibility index (Phi) is 3.45. The molecule has 8 heteroatoms. The number of hydrogen-bond acceptors (Lipinski definition) is 5. The smallest absolute Gasteiger partial charge is 0.317 e. The minimum absolute atomic E-state index is 0.127. The monoisotopic (exact) mass is 234 g/mol. The number of rotatable bonds is 5. The summed E-state index contributed by atoms with van der Waals surface area (Å²) < 4.78 is 26.5. The maximum Gasteiger partial charge on any atom is 0.317 e. The van der Waals surface area contributed by atoms with Gasteiger partial charge in [0, 0.05) is 0 Å². The van der Waals surface area contributed by atoms with Gasteiger partial charge in [0.15, 0.2) is 0 Å². The molecule has 1 rings (SSSR count). The van der Waals surface area contributed by atoms with Crippen molar-refractivity contribution >= 4 is 16.0 Å². The molecule has 0 fully saturated rings. The van der Waals surface area contributed by atoms with E-state index in [9.17, 15) is 13.2 Å². The van der Waals surface area contributed by atoms with Crippen molar-refractivity contribution in [2.45, 2.75) is 11.6 Å². The summed E-state index contributed by atoms with van der Waals surface area (Å²) in [5.74, 6) is -0.700. The summed E-state index contributed by atoms with van der Waals surface area (Å²) >= 11 is 0. The summed E-state index contributed by atoms with van der Waals surface area (Å²) in [6.45, 7) is -0.104. The molecule has 15 heavy (non-hydrogen) atoms. The second kappa shape index (κ2) is 4.43. The zero-order valence-corrected chi connectivity index (χ0v) is 8.45. The minimum atomic E-state index is -3.83. The number of carboxylic acid groups (broad SMARTS) is 1. The topological polar surface area (TPSA) is 123 Å². The summed E-state index contributed by atoms with van der Waals surface area (Å²) in [6.07, 6.45) is 0. The van der Waals surface area contributed by atoms with Gasteiger partial charge in [-0.05, 0) is 12.1 Å². The number of furan rings is 1. The van der Waals surface area contributed by atoms with Crippen LogP contribution in [0, 0.1) is 0 Å². The van der Waals surface area contributed by atoms with Gasteiger partial charge < -0.3 is 9.52 Å². The van der Waals surface area contributed by atoms with E-state index in [1.54, 1.807) is 0 Å². The lowest BCUT2D eigenvalue weighted by molar-refractivity contribution is -0.136. The van der Waals surface area contributed by atoms with Gasteiger partial charge >= 0.3 is 5.97 Å². The molecule has 0 atom stereocenters. The summed E-state index contributed by atoms with van der Waals surface area (Å²) in [5.41, 5.74) is 0. The Balaban J connectivity index is 2.58. The molecular weight excluding hydrogens is 224 g/mol. The summed E-state index contributed by atoms with van der Waals surface area (Å²) in [7, 11) is -3.83. The number of aliphatic carboxylic acids is 1. The van der Waals surface area contributed by atoms with Crippen molar-refractivity contribution in [1.29, 1.82) is 0 Å². The molecule has 7 nitrogen and oxygen atoms in total. The fourth-order valence-electron chi connectivity index (χ4n) is 0.899. The average molecular weight is 234 g/mol. The molecule has 1 aromatic heterocycles. The Hall–Kier alpha value is -1.38. The van der Waals surface area contributed by atoms with Crippen molar-refractivity contribution in [1.82, 2.24) is 5.32 Å². The van der Waals surface area contributed by atoms with E-state index in [2.05, 4.69) is 5.32 Å². The van der Waals surface area contributed by atoms with Crippen LogP contribution in [0.3, 0.4) is 0 Å². The molecule has 0 radical (unpaired) electrons. The van der Waals surface area contributed by atoms with Gasteiger partial charge in [-0.15, -0.1) is 0 Å². The van der Waals surface area contributed by atoms with Gasteiger partial charge in [0.2, 0.25) is 5.09 Å². The van der Waals surface area contributed by atoms with Crippen LogP contribution in [0.4, 0.5) is 0 Å². The minimum Gasteiger partial charge on any atom is -0.480 e. The Bertz CT molecular complexity index is 450. The molecule has 0 aromatic carbocycles. The second-order valence-corrected chi connectivity index (χ2v) is 4.26. The third-order valence-electron chi connectivity index (χ3n) is 1.49. The molecule has 0 aliphatic heterocycles. The summed E-state index contributed by atoms with van der Waals surface area (Å²) in [5, 5.41) is 15.3. The quantitative estimate of drug-likeness (QED) is 0.606. The number of carboxylic acids is 1. The SMILES string of the molecule is NS(=O)(=O)c1ccc(CNCC(=O)O)o1. The number of carbonyl (C=O) groups is 1. The van der Waals surface area contributed by atoms with Crippen LogP contribution in [-0.4, -0.2) is 26.0 Å². The molecule has 84 valence electrons. The normalized spacial score (nSPS) is 11.5. The van der Waals surface area contributed by atoms with Gasteiger partial charge in [-0.25, -0.2) is 13.6 Å². The van der Waals surface area contributed by atoms with E-state index in [0.717, 1.165) is 0 Å². The van der Waals surface area contributed by atoms with Crippen LogP contribution < -0.4 is 10.5 Å². The van der Waals surface area contributed by atoms with Gasteiger partial charge in [-0.3, -0.25) is 10.1 Å². The molecule has 0 saturated heterocycles. The molecule has 0 bridgehead atoms. The molecule has 0 unspecified atom stereocenters. The van der Waals surface area contributed by atoms with Crippen molar-refractivity contribution in [3.05, 3.63) is 17.9 Å². The second-order valence-electron chi connectivity index (χ2n) is 2.76. The molecule has 0 spiro atoms. The molecule has 4 N–H and O–H groups in total. The zero-order chi connectivity index (χ0) is 11.5. The fraction of sp³-hybridized carbons (Fsp3) is 0.286. The van der Waals surface area contributed by atoms with Crippen LogP contribution in [0.25, 0.3) is 0 Å². The highest BCUT2D eigenvalue weighted by atomic mass is 32.2. The number of sulfonamides is 1. The summed E-state index contributed by atoms with van der Waals surface area (Å²) in [6, 6.07) is 2.63. The predicted octanol–water partition coefficient (Wildman–Crippen LogP) is -0.899. The van der Waals surface area contributed by atoms with Crippen molar-refractivity contribution in [2.75, 3.05) is 6.54 Å². The number of hydrogen-bond donors (Lipinski definition) is 3. The Morgan fingerprint density at radius 2 is 2.20 bits per heavy atom. The molecule has 1 heterocycles. The van der Waals surface area contributed by atoms with Crippen LogP contribution in [-0.2, 0) is 21.4 Å². The predicted molar refractivity (Wildman–Crippen MR) is 49.4 cm³/mol. The van der Waals surface area contributed by atoms with E-state index in [0.29, 0.717) is 5.76 Å². The largest absolute Gasteiger partial charge is 0.480 e. The van der Waals surface area contributed by atoms with E-state index in [1.807, 2.05) is 0 Å². The van der Waals surface area contributed by atoms with Crippen molar-refractivity contribution in [2.24, 2.45) is 5.14 Å². The van der Waals surface area contributed by atoms with Crippen molar-refractivity contribution in [3.8, 4) is 0 Å². The first-order valence-corrected chi connectivity index (χ1v) is 5.48. The number of nitrogens with two attached hydrogens (primary N) is 1. The van der Waals surface area contributed by atoms with Gasteiger partial charge in [-0.2, -0.15) is 0 Å². The summed E-state index contributed by atoms with van der Waals surface area (Å²) in [4.78, 5) is 10.1. The van der Waals surface area contributed by atoms with Crippen LogP contribution in [0.5, 0.6) is 0 Å². The Morgan fingerprint density at radius 1 is 1.53 bits per heavy atom. The lowest BCUT2D eigenvalue weighted by Crippen LogP contribution is -2.21. The number of nitrogens with one attached hydrogen (secondary N) is 1. The van der Waals surface area contributed by atoms with E-state index < -0.39 is 16.0 Å². The average Bonchev–Trinajstić information content (AvgIpc) is 2.51. The third kappa shape index (κ3) is 3.70. The van der Waals surface area contributed by atoms with E-state index >= 15 is 0 Å². The van der Waals surface area contributed by atoms with Crippen LogP contribution >= 0.6 is 0 Å². The van der Waals surface area contributed by atoms with Crippen molar-refractivity contribution in [3.63, 3.8) is 0 Å². The first-order chi connectivity index (χ1) is 6.89. The number of primary sulfonamides is 1. The highest BCUT2D eigenvalue weighted by Gasteiger charge is 2.12. The molecule has 0 aliphatic carbocycles. The maximum absolute atomic E-state index is 10.8. The third-order valence-corrected chi connectivity index (χ3v) is 2.27. The van der Waals surface area contributed by atoms with E-state index in [4.69, 9.17) is 14.7 Å². The van der Waals surface area contributed by atoms with E-state index in [1.165, 1.54) is 12.1 Å². The van der Waals surface area contributed by atoms with Gasteiger partial charge in [0.1, 0.15) is 5.76 Å². The molecule has 0 aliphatic rings. The van der Waals surface area contributed by atoms with E-state index in [-0.39, 0.29) is 18.2 Å². The molecule has 0 saturated carbocycles. The van der Waals surface area contributed by atoms with Crippen LogP contribution in [0.1, 0.15) is 5.76 Å². The lowest BCUT2D eigenvalue weighted by Gasteiger charge is -1.97. The van der Waals surface area contributed by atoms with Crippen LogP contribution in [0.2, 0.25) is 0 Å².